The normalized spacial score (nSPS) is 12.8. The van der Waals surface area contributed by atoms with Gasteiger partial charge in [-0.2, -0.15) is 9.98 Å². The van der Waals surface area contributed by atoms with Crippen molar-refractivity contribution in [2.45, 2.75) is 0 Å². The first-order valence-electron chi connectivity index (χ1n) is 6.27. The number of pyridine rings is 1. The highest BCUT2D eigenvalue weighted by atomic mass is 35.5. The number of aliphatic imine (C=N–C) groups is 2. The maximum absolute atomic E-state index is 6.00. The molecule has 8 heteroatoms. The average Bonchev–Trinajstić information content (AvgIpc) is 2.89. The highest BCUT2D eigenvalue weighted by Gasteiger charge is 2.06. The van der Waals surface area contributed by atoms with Gasteiger partial charge in [0.05, 0.1) is 15.2 Å². The van der Waals surface area contributed by atoms with Crippen LogP contribution in [0.25, 0.3) is 10.2 Å². The largest absolute Gasteiger partial charge is 0.383 e. The van der Waals surface area contributed by atoms with Crippen molar-refractivity contribution < 1.29 is 0 Å². The molecule has 0 aliphatic heterocycles. The summed E-state index contributed by atoms with van der Waals surface area (Å²) in [5, 5.41) is 0.924. The van der Waals surface area contributed by atoms with Crippen LogP contribution in [0.3, 0.4) is 0 Å². The molecule has 0 fully saturated rings. The van der Waals surface area contributed by atoms with Crippen molar-refractivity contribution in [3.63, 3.8) is 0 Å². The van der Waals surface area contributed by atoms with Crippen LogP contribution >= 0.6 is 22.9 Å². The van der Waals surface area contributed by atoms with Crippen molar-refractivity contribution in [3.05, 3.63) is 53.3 Å². The molecule has 22 heavy (non-hydrogen) atoms. The van der Waals surface area contributed by atoms with Gasteiger partial charge < -0.3 is 11.5 Å². The van der Waals surface area contributed by atoms with Crippen molar-refractivity contribution >= 4 is 50.1 Å². The number of fused-ring (bicyclic) bond motifs is 1. The van der Waals surface area contributed by atoms with Gasteiger partial charge in [0.25, 0.3) is 0 Å². The smallest absolute Gasteiger partial charge is 0.224 e. The van der Waals surface area contributed by atoms with Gasteiger partial charge in [-0.15, -0.1) is 0 Å². The summed E-state index contributed by atoms with van der Waals surface area (Å²) < 4.78 is 1.03. The Morgan fingerprint density at radius 1 is 1.18 bits per heavy atom. The van der Waals surface area contributed by atoms with Crippen molar-refractivity contribution in [1.29, 1.82) is 0 Å². The highest BCUT2D eigenvalue weighted by Crippen LogP contribution is 2.27. The van der Waals surface area contributed by atoms with Crippen molar-refractivity contribution in [3.8, 4) is 0 Å². The molecular formula is C14H11ClN6S. The third-order valence-corrected chi connectivity index (χ3v) is 4.01. The van der Waals surface area contributed by atoms with E-state index in [4.69, 9.17) is 23.1 Å². The van der Waals surface area contributed by atoms with E-state index < -0.39 is 0 Å². The maximum atomic E-state index is 6.00. The monoisotopic (exact) mass is 330 g/mol. The molecule has 2 aromatic heterocycles. The van der Waals surface area contributed by atoms with Gasteiger partial charge in [-0.1, -0.05) is 35.1 Å². The molecule has 0 spiro atoms. The van der Waals surface area contributed by atoms with E-state index >= 15 is 0 Å². The van der Waals surface area contributed by atoms with Crippen molar-refractivity contribution in [2.24, 2.45) is 21.5 Å². The zero-order chi connectivity index (χ0) is 15.5. The molecule has 3 rings (SSSR count). The van der Waals surface area contributed by atoms with Gasteiger partial charge in [0, 0.05) is 18.0 Å². The zero-order valence-corrected chi connectivity index (χ0v) is 12.8. The molecule has 0 aliphatic carbocycles. The summed E-state index contributed by atoms with van der Waals surface area (Å²) in [5.41, 5.74) is 13.1. The molecule has 3 aromatic rings. The van der Waals surface area contributed by atoms with Crippen molar-refractivity contribution in [1.82, 2.24) is 9.97 Å². The number of hydrogen-bond donors (Lipinski definition) is 2. The Labute approximate surface area is 135 Å². The van der Waals surface area contributed by atoms with E-state index in [9.17, 15) is 0 Å². The molecule has 0 radical (unpaired) electrons. The van der Waals surface area contributed by atoms with Crippen LogP contribution in [0.2, 0.25) is 5.02 Å². The molecule has 0 unspecified atom stereocenters. The fourth-order valence-corrected chi connectivity index (χ4v) is 2.86. The predicted octanol–water partition coefficient (Wildman–Crippen LogP) is 2.70. The third-order valence-electron chi connectivity index (χ3n) is 2.78. The SMILES string of the molecule is N/C(=N\C(N)=N\c1nc2ccccc2s1)c1ccncc1Cl. The van der Waals surface area contributed by atoms with E-state index in [0.29, 0.717) is 15.7 Å². The van der Waals surface area contributed by atoms with Crippen LogP contribution in [-0.4, -0.2) is 21.8 Å². The van der Waals surface area contributed by atoms with Gasteiger partial charge >= 0.3 is 0 Å². The molecule has 1 aromatic carbocycles. The summed E-state index contributed by atoms with van der Waals surface area (Å²) >= 11 is 7.43. The van der Waals surface area contributed by atoms with Gasteiger partial charge in [-0.05, 0) is 18.2 Å². The molecule has 0 bridgehead atoms. The Morgan fingerprint density at radius 3 is 2.77 bits per heavy atom. The molecule has 0 saturated heterocycles. The molecule has 0 amide bonds. The van der Waals surface area contributed by atoms with Crippen LogP contribution in [0.1, 0.15) is 5.56 Å². The molecule has 110 valence electrons. The van der Waals surface area contributed by atoms with E-state index in [1.807, 2.05) is 24.3 Å². The van der Waals surface area contributed by atoms with E-state index in [1.165, 1.54) is 17.5 Å². The molecule has 6 nitrogen and oxygen atoms in total. The van der Waals surface area contributed by atoms with E-state index in [1.54, 1.807) is 12.3 Å². The summed E-state index contributed by atoms with van der Waals surface area (Å²) in [6.45, 7) is 0. The minimum absolute atomic E-state index is 0.0180. The quantitative estimate of drug-likeness (QED) is 0.557. The minimum atomic E-state index is 0.0180. The number of aromatic nitrogens is 2. The summed E-state index contributed by atoms with van der Waals surface area (Å²) in [6.07, 6.45) is 3.06. The number of nitrogens with two attached hydrogens (primary N) is 2. The Bertz CT molecular complexity index is 853. The molecule has 4 N–H and O–H groups in total. The van der Waals surface area contributed by atoms with Crippen LogP contribution in [0.15, 0.2) is 52.7 Å². The van der Waals surface area contributed by atoms with Gasteiger partial charge in [0.1, 0.15) is 5.84 Å². The third kappa shape index (κ3) is 3.05. The van der Waals surface area contributed by atoms with Crippen molar-refractivity contribution in [2.75, 3.05) is 0 Å². The summed E-state index contributed by atoms with van der Waals surface area (Å²) in [7, 11) is 0. The fraction of sp³-hybridized carbons (Fsp3) is 0. The van der Waals surface area contributed by atoms with Gasteiger partial charge in [-0.25, -0.2) is 4.98 Å². The van der Waals surface area contributed by atoms with Crippen LogP contribution in [0.5, 0.6) is 0 Å². The van der Waals surface area contributed by atoms with E-state index in [-0.39, 0.29) is 11.8 Å². The second kappa shape index (κ2) is 6.08. The second-order valence-corrected chi connectivity index (χ2v) is 5.70. The second-order valence-electron chi connectivity index (χ2n) is 4.29. The van der Waals surface area contributed by atoms with Crippen LogP contribution in [0, 0.1) is 0 Å². The lowest BCUT2D eigenvalue weighted by Crippen LogP contribution is -2.19. The van der Waals surface area contributed by atoms with Crippen LogP contribution < -0.4 is 11.5 Å². The molecule has 2 heterocycles. The molecule has 0 saturated carbocycles. The zero-order valence-electron chi connectivity index (χ0n) is 11.3. The average molecular weight is 331 g/mol. The number of benzene rings is 1. The molecule has 0 aliphatic rings. The first-order chi connectivity index (χ1) is 10.6. The standard InChI is InChI=1S/C14H11ClN6S/c15-9-7-18-6-5-8(9)12(16)20-13(17)21-14-19-10-3-1-2-4-11(10)22-14/h1-7H,(H4,16,17,19,20,21). The topological polar surface area (TPSA) is 103 Å². The Balaban J connectivity index is 1.91. The number of nitrogens with zero attached hydrogens (tertiary/aromatic N) is 4. The number of hydrogen-bond acceptors (Lipinski definition) is 4. The van der Waals surface area contributed by atoms with Gasteiger partial charge in [0.2, 0.25) is 11.1 Å². The van der Waals surface area contributed by atoms with Gasteiger partial charge in [0.15, 0.2) is 0 Å². The van der Waals surface area contributed by atoms with E-state index in [0.717, 1.165) is 10.2 Å². The Hall–Kier alpha value is -2.51. The molecular weight excluding hydrogens is 320 g/mol. The first-order valence-corrected chi connectivity index (χ1v) is 7.47. The number of thiazole rings is 1. The number of amidine groups is 1. The highest BCUT2D eigenvalue weighted by molar-refractivity contribution is 7.22. The Kier molecular flexibility index (Phi) is 3.99. The van der Waals surface area contributed by atoms with Crippen LogP contribution in [0.4, 0.5) is 5.13 Å². The van der Waals surface area contributed by atoms with E-state index in [2.05, 4.69) is 20.0 Å². The lowest BCUT2D eigenvalue weighted by molar-refractivity contribution is 1.31. The maximum Gasteiger partial charge on any atom is 0.224 e. The lowest BCUT2D eigenvalue weighted by Gasteiger charge is -2.01. The summed E-state index contributed by atoms with van der Waals surface area (Å²) in [6, 6.07) is 9.40. The minimum Gasteiger partial charge on any atom is -0.383 e. The summed E-state index contributed by atoms with van der Waals surface area (Å²) in [4.78, 5) is 16.5. The Morgan fingerprint density at radius 2 is 2.00 bits per heavy atom. The predicted molar refractivity (Wildman–Crippen MR) is 90.9 cm³/mol. The number of para-hydroxylation sites is 1. The lowest BCUT2D eigenvalue weighted by atomic mass is 10.2. The summed E-state index contributed by atoms with van der Waals surface area (Å²) in [5.74, 6) is 0.194. The number of rotatable bonds is 2. The fourth-order valence-electron chi connectivity index (χ4n) is 1.80. The molecule has 0 atom stereocenters. The number of guanidine groups is 1. The van der Waals surface area contributed by atoms with Gasteiger partial charge in [-0.3, -0.25) is 4.98 Å². The number of halogens is 1. The van der Waals surface area contributed by atoms with Crippen LogP contribution in [-0.2, 0) is 0 Å². The first kappa shape index (κ1) is 14.4.